The van der Waals surface area contributed by atoms with Crippen molar-refractivity contribution >= 4 is 11.9 Å². The van der Waals surface area contributed by atoms with Gasteiger partial charge in [-0.1, -0.05) is 84.0 Å². The van der Waals surface area contributed by atoms with Gasteiger partial charge in [0.1, 0.15) is 6.54 Å². The van der Waals surface area contributed by atoms with E-state index < -0.39 is 56.4 Å². The largest absolute Gasteiger partial charge is 0.481 e. The van der Waals surface area contributed by atoms with Crippen LogP contribution in [0.3, 0.4) is 0 Å². The summed E-state index contributed by atoms with van der Waals surface area (Å²) >= 11 is 0. The molecule has 0 aromatic heterocycles. The highest BCUT2D eigenvalue weighted by Gasteiger charge is 2.24. The van der Waals surface area contributed by atoms with E-state index in [4.69, 9.17) is 17.1 Å². The van der Waals surface area contributed by atoms with Crippen molar-refractivity contribution in [2.75, 3.05) is 27.5 Å². The van der Waals surface area contributed by atoms with Crippen LogP contribution in [0, 0.1) is 0 Å². The van der Waals surface area contributed by atoms with Gasteiger partial charge in [0.25, 0.3) is 0 Å². The summed E-state index contributed by atoms with van der Waals surface area (Å²) < 4.78 is 71.8. The lowest BCUT2D eigenvalue weighted by Gasteiger charge is -2.28. The van der Waals surface area contributed by atoms with Gasteiger partial charge in [-0.2, -0.15) is 0 Å². The van der Waals surface area contributed by atoms with Crippen molar-refractivity contribution in [2.45, 2.75) is 109 Å². The van der Waals surface area contributed by atoms with Crippen LogP contribution in [0.4, 0.5) is 0 Å². The molecule has 0 spiro atoms. The van der Waals surface area contributed by atoms with E-state index in [-0.39, 0.29) is 6.42 Å². The molecule has 0 bridgehead atoms. The molecule has 0 amide bonds. The Kier molecular flexibility index (Phi) is 8.90. The van der Waals surface area contributed by atoms with E-state index in [1.165, 1.54) is 51.4 Å². The molecule has 0 heterocycles. The maximum absolute atomic E-state index is 12.3. The van der Waals surface area contributed by atoms with E-state index in [9.17, 15) is 14.7 Å². The SMILES string of the molecule is [2H]C([2H])([2H])[N+](C[C@H](CC(=O)O)OC(=O)CCCCCCCCCCCCCCC)(C([2H])([2H])[2H])C([2H])([2H])[2H]. The zero-order chi connectivity index (χ0) is 28.8. The average molecular weight is 410 g/mol. The third-order valence-electron chi connectivity index (χ3n) is 4.66. The van der Waals surface area contributed by atoms with Crippen LogP contribution < -0.4 is 0 Å². The lowest BCUT2D eigenvalue weighted by Crippen LogP contribution is -2.43. The minimum atomic E-state index is -3.55. The number of hydrogen-bond acceptors (Lipinski definition) is 3. The van der Waals surface area contributed by atoms with Crippen molar-refractivity contribution in [3.8, 4) is 0 Å². The molecule has 0 aliphatic carbocycles. The Morgan fingerprint density at radius 2 is 1.32 bits per heavy atom. The van der Waals surface area contributed by atoms with E-state index in [0.717, 1.165) is 25.7 Å². The van der Waals surface area contributed by atoms with Gasteiger partial charge in [0.2, 0.25) is 0 Å². The highest BCUT2D eigenvalue weighted by Crippen LogP contribution is 2.14. The Labute approximate surface area is 186 Å². The van der Waals surface area contributed by atoms with Crippen molar-refractivity contribution in [3.05, 3.63) is 0 Å². The van der Waals surface area contributed by atoms with Gasteiger partial charge in [-0.25, -0.2) is 0 Å². The summed E-state index contributed by atoms with van der Waals surface area (Å²) in [4.78, 5) is 23.6. The van der Waals surface area contributed by atoms with Crippen molar-refractivity contribution in [2.24, 2.45) is 0 Å². The molecule has 0 unspecified atom stereocenters. The summed E-state index contributed by atoms with van der Waals surface area (Å²) in [5.41, 5.74) is 0. The Balaban J connectivity index is 4.71. The monoisotopic (exact) mass is 409 g/mol. The van der Waals surface area contributed by atoms with E-state index in [1.807, 2.05) is 0 Å². The van der Waals surface area contributed by atoms with E-state index in [0.29, 0.717) is 6.42 Å². The first kappa shape index (κ1) is 14.8. The number of rotatable bonds is 19. The van der Waals surface area contributed by atoms with Crippen LogP contribution in [-0.2, 0) is 14.3 Å². The number of aliphatic carboxylic acids is 1. The van der Waals surface area contributed by atoms with Crippen LogP contribution in [-0.4, -0.2) is 55.1 Å². The van der Waals surface area contributed by atoms with Crippen molar-refractivity contribution in [1.29, 1.82) is 0 Å². The summed E-state index contributed by atoms with van der Waals surface area (Å²) in [6, 6.07) is 0. The number of nitrogens with zero attached hydrogens (tertiary/aromatic N) is 1. The number of unbranched alkanes of at least 4 members (excludes halogenated alkanes) is 12. The standard InChI is InChI=1S/C23H45NO4/c1-5-6-7-8-9-10-11-12-13-14-15-16-17-18-23(27)28-21(19-22(25)26)20-24(2,3)4/h21H,5-20H2,1-4H3/p+1/t21-/m0/s1/i2D3,3D3,4D3. The van der Waals surface area contributed by atoms with Gasteiger partial charge in [-0.3, -0.25) is 9.59 Å². The predicted octanol–water partition coefficient (Wildman–Crippen LogP) is 5.56. The molecule has 0 rings (SSSR count). The van der Waals surface area contributed by atoms with Gasteiger partial charge in [0, 0.05) is 6.42 Å². The van der Waals surface area contributed by atoms with Gasteiger partial charge in [0.05, 0.1) is 39.7 Å². The molecule has 0 aromatic carbocycles. The molecule has 28 heavy (non-hydrogen) atoms. The maximum Gasteiger partial charge on any atom is 0.307 e. The molecule has 166 valence electrons. The Hall–Kier alpha value is -1.10. The molecule has 0 saturated carbocycles. The predicted molar refractivity (Wildman–Crippen MR) is 115 cm³/mol. The van der Waals surface area contributed by atoms with Gasteiger partial charge in [-0.15, -0.1) is 0 Å². The maximum atomic E-state index is 12.3. The summed E-state index contributed by atoms with van der Waals surface area (Å²) in [6.07, 6.45) is 11.8. The third kappa shape index (κ3) is 19.7. The van der Waals surface area contributed by atoms with E-state index >= 15 is 0 Å². The topological polar surface area (TPSA) is 63.6 Å². The molecule has 0 saturated heterocycles. The van der Waals surface area contributed by atoms with Gasteiger partial charge < -0.3 is 14.3 Å². The molecule has 0 fully saturated rings. The smallest absolute Gasteiger partial charge is 0.307 e. The fourth-order valence-electron chi connectivity index (χ4n) is 3.18. The molecular weight excluding hydrogens is 354 g/mol. The number of likely N-dealkylation sites (N-methyl/N-ethyl adjacent to an activating group) is 1. The van der Waals surface area contributed by atoms with Crippen LogP contribution in [0.25, 0.3) is 0 Å². The highest BCUT2D eigenvalue weighted by atomic mass is 16.5. The fraction of sp³-hybridized carbons (Fsp3) is 0.913. The molecule has 0 aliphatic heterocycles. The number of quaternary nitrogens is 1. The Bertz CT molecular complexity index is 628. The quantitative estimate of drug-likeness (QED) is 0.172. The first-order chi connectivity index (χ1) is 17.0. The van der Waals surface area contributed by atoms with E-state index in [1.54, 1.807) is 0 Å². The lowest BCUT2D eigenvalue weighted by atomic mass is 10.0. The number of carbonyl (C=O) groups excluding carboxylic acids is 1. The van der Waals surface area contributed by atoms with E-state index in [2.05, 4.69) is 6.92 Å². The second-order valence-electron chi connectivity index (χ2n) is 7.69. The molecule has 0 aromatic rings. The first-order valence-corrected chi connectivity index (χ1v) is 10.8. The molecule has 0 radical (unpaired) electrons. The van der Waals surface area contributed by atoms with Crippen molar-refractivity contribution in [3.63, 3.8) is 0 Å². The second kappa shape index (κ2) is 16.8. The van der Waals surface area contributed by atoms with Gasteiger partial charge in [0.15, 0.2) is 6.10 Å². The summed E-state index contributed by atoms with van der Waals surface area (Å²) in [6.45, 7) is -9.64. The number of carboxylic acids is 1. The molecule has 0 aliphatic rings. The number of carbonyl (C=O) groups is 2. The highest BCUT2D eigenvalue weighted by molar-refractivity contribution is 5.71. The summed E-state index contributed by atoms with van der Waals surface area (Å²) in [5, 5.41) is 9.18. The third-order valence-corrected chi connectivity index (χ3v) is 4.66. The molecule has 1 N–H and O–H groups in total. The fourth-order valence-corrected chi connectivity index (χ4v) is 3.18. The Morgan fingerprint density at radius 1 is 0.857 bits per heavy atom. The number of carboxylic acid groups (broad SMARTS) is 1. The second-order valence-corrected chi connectivity index (χ2v) is 7.69. The molecular formula is C23H46NO4+. The van der Waals surface area contributed by atoms with Crippen LogP contribution in [0.15, 0.2) is 0 Å². The molecule has 5 heteroatoms. The van der Waals surface area contributed by atoms with Crippen LogP contribution in [0.2, 0.25) is 0 Å². The lowest BCUT2D eigenvalue weighted by molar-refractivity contribution is -0.873. The minimum absolute atomic E-state index is 0.0524. The number of esters is 1. The molecule has 1 atom stereocenters. The van der Waals surface area contributed by atoms with Crippen LogP contribution >= 0.6 is 0 Å². The first-order valence-electron chi connectivity index (χ1n) is 15.3. The average Bonchev–Trinajstić information content (AvgIpc) is 2.72. The zero-order valence-electron chi connectivity index (χ0n) is 26.5. The summed E-state index contributed by atoms with van der Waals surface area (Å²) in [7, 11) is 0. The minimum Gasteiger partial charge on any atom is -0.481 e. The van der Waals surface area contributed by atoms with Gasteiger partial charge >= 0.3 is 11.9 Å². The normalized spacial score (nSPS) is 18.8. The summed E-state index contributed by atoms with van der Waals surface area (Å²) in [5.74, 6) is -2.28. The number of ether oxygens (including phenoxy) is 1. The Morgan fingerprint density at radius 3 is 1.75 bits per heavy atom. The number of hydrogen-bond donors (Lipinski definition) is 1. The van der Waals surface area contributed by atoms with Crippen LogP contribution in [0.1, 0.15) is 116 Å². The van der Waals surface area contributed by atoms with Gasteiger partial charge in [-0.05, 0) is 6.42 Å². The van der Waals surface area contributed by atoms with Crippen molar-refractivity contribution < 1.29 is 36.3 Å². The van der Waals surface area contributed by atoms with Crippen molar-refractivity contribution in [1.82, 2.24) is 0 Å². The zero-order valence-corrected chi connectivity index (χ0v) is 17.5. The molecule has 5 nitrogen and oxygen atoms in total. The van der Waals surface area contributed by atoms with Crippen LogP contribution in [0.5, 0.6) is 0 Å².